The molecule has 0 atom stereocenters. The van der Waals surface area contributed by atoms with Gasteiger partial charge in [0, 0.05) is 12.1 Å². The fourth-order valence-corrected chi connectivity index (χ4v) is 3.52. The van der Waals surface area contributed by atoms with Crippen LogP contribution in [0.25, 0.3) is 0 Å². The van der Waals surface area contributed by atoms with Crippen molar-refractivity contribution in [3.63, 3.8) is 0 Å². The van der Waals surface area contributed by atoms with E-state index in [4.69, 9.17) is 30.4 Å². The van der Waals surface area contributed by atoms with Crippen LogP contribution in [0.3, 0.4) is 0 Å². The highest BCUT2D eigenvalue weighted by atomic mass is 16.5. The molecule has 0 aliphatic rings. The number of ether oxygens (including phenoxy) is 4. The summed E-state index contributed by atoms with van der Waals surface area (Å²) in [5.74, 6) is 4.07. The minimum absolute atomic E-state index is 0.579. The molecule has 0 bridgehead atoms. The van der Waals surface area contributed by atoms with E-state index >= 15 is 0 Å². The van der Waals surface area contributed by atoms with Gasteiger partial charge in [-0.2, -0.15) is 0 Å². The predicted octanol–water partition coefficient (Wildman–Crippen LogP) is 6.24. The van der Waals surface area contributed by atoms with Gasteiger partial charge in [-0.25, -0.2) is 0 Å². The van der Waals surface area contributed by atoms with Crippen LogP contribution < -0.4 is 30.4 Å². The number of nitrogen functional groups attached to an aromatic ring is 2. The Morgan fingerprint density at radius 3 is 1.21 bits per heavy atom. The van der Waals surface area contributed by atoms with Gasteiger partial charge >= 0.3 is 0 Å². The van der Waals surface area contributed by atoms with Crippen molar-refractivity contribution < 1.29 is 18.9 Å². The highest BCUT2D eigenvalue weighted by Crippen LogP contribution is 2.31. The average molecular weight is 457 g/mol. The normalized spacial score (nSPS) is 10.5. The predicted molar refractivity (Wildman–Crippen MR) is 135 cm³/mol. The second-order valence-corrected chi connectivity index (χ2v) is 7.80. The second-order valence-electron chi connectivity index (χ2n) is 7.80. The zero-order chi connectivity index (χ0) is 23.9. The molecule has 0 saturated heterocycles. The molecular formula is C28H28N2O4. The molecule has 0 aliphatic carbocycles. The van der Waals surface area contributed by atoms with Crippen molar-refractivity contribution in [1.29, 1.82) is 0 Å². The average Bonchev–Trinajstić information content (AvgIpc) is 2.86. The van der Waals surface area contributed by atoms with Gasteiger partial charge in [0.25, 0.3) is 0 Å². The number of hydrogen-bond donors (Lipinski definition) is 2. The molecule has 0 spiro atoms. The fourth-order valence-electron chi connectivity index (χ4n) is 3.52. The molecule has 6 nitrogen and oxygen atoms in total. The van der Waals surface area contributed by atoms with Crippen LogP contribution in [0.15, 0.2) is 84.9 Å². The molecule has 0 fully saturated rings. The number of anilines is 2. The molecule has 4 rings (SSSR count). The largest absolute Gasteiger partial charge is 0.494 e. The van der Waals surface area contributed by atoms with Crippen molar-refractivity contribution in [2.45, 2.75) is 12.8 Å². The Kier molecular flexibility index (Phi) is 7.08. The van der Waals surface area contributed by atoms with Gasteiger partial charge < -0.3 is 30.4 Å². The first kappa shape index (κ1) is 22.9. The number of aryl methyl sites for hydroxylation is 2. The van der Waals surface area contributed by atoms with E-state index < -0.39 is 0 Å². The zero-order valence-corrected chi connectivity index (χ0v) is 19.3. The Morgan fingerprint density at radius 2 is 0.853 bits per heavy atom. The standard InChI is InChI=1S/C28H28N2O4/c1-31-27-17-23(13-15-25(27)29)33-21-9-5-19(6-10-21)3-4-20-7-11-22(12-8-20)34-24-14-16-26(30)28(18-24)32-2/h5-18H,3-4,29-30H2,1-2H3. The summed E-state index contributed by atoms with van der Waals surface area (Å²) in [5, 5.41) is 0. The lowest BCUT2D eigenvalue weighted by Gasteiger charge is -2.10. The fraction of sp³-hybridized carbons (Fsp3) is 0.143. The van der Waals surface area contributed by atoms with E-state index in [1.807, 2.05) is 36.4 Å². The van der Waals surface area contributed by atoms with E-state index in [9.17, 15) is 0 Å². The Labute approximate surface area is 199 Å². The van der Waals surface area contributed by atoms with Gasteiger partial charge in [-0.05, 0) is 72.5 Å². The quantitative estimate of drug-likeness (QED) is 0.290. The van der Waals surface area contributed by atoms with E-state index in [1.165, 1.54) is 11.1 Å². The lowest BCUT2D eigenvalue weighted by molar-refractivity contribution is 0.411. The van der Waals surface area contributed by atoms with Crippen molar-refractivity contribution in [1.82, 2.24) is 0 Å². The van der Waals surface area contributed by atoms with Gasteiger partial charge in [0.15, 0.2) is 0 Å². The third-order valence-electron chi connectivity index (χ3n) is 5.43. The molecule has 0 aliphatic heterocycles. The molecule has 0 amide bonds. The van der Waals surface area contributed by atoms with Crippen molar-refractivity contribution in [2.24, 2.45) is 0 Å². The molecule has 4 N–H and O–H groups in total. The topological polar surface area (TPSA) is 89.0 Å². The lowest BCUT2D eigenvalue weighted by atomic mass is 10.0. The van der Waals surface area contributed by atoms with E-state index in [0.717, 1.165) is 24.3 Å². The van der Waals surface area contributed by atoms with E-state index in [-0.39, 0.29) is 0 Å². The monoisotopic (exact) mass is 456 g/mol. The molecule has 0 unspecified atom stereocenters. The first-order valence-electron chi connectivity index (χ1n) is 10.9. The van der Waals surface area contributed by atoms with Gasteiger partial charge in [0.05, 0.1) is 25.6 Å². The summed E-state index contributed by atoms with van der Waals surface area (Å²) in [6, 6.07) is 26.9. The van der Waals surface area contributed by atoms with Crippen LogP contribution in [-0.2, 0) is 12.8 Å². The zero-order valence-electron chi connectivity index (χ0n) is 19.3. The summed E-state index contributed by atoms with van der Waals surface area (Å²) in [6.07, 6.45) is 1.84. The summed E-state index contributed by atoms with van der Waals surface area (Å²) in [7, 11) is 3.17. The molecule has 4 aromatic carbocycles. The summed E-state index contributed by atoms with van der Waals surface area (Å²) in [6.45, 7) is 0. The van der Waals surface area contributed by atoms with Gasteiger partial charge in [-0.15, -0.1) is 0 Å². The van der Waals surface area contributed by atoms with Crippen LogP contribution in [0.5, 0.6) is 34.5 Å². The highest BCUT2D eigenvalue weighted by molar-refractivity contribution is 5.57. The first-order chi connectivity index (χ1) is 16.5. The van der Waals surface area contributed by atoms with Crippen LogP contribution in [0.4, 0.5) is 11.4 Å². The minimum Gasteiger partial charge on any atom is -0.494 e. The number of rotatable bonds is 9. The van der Waals surface area contributed by atoms with Crippen LogP contribution in [0.2, 0.25) is 0 Å². The lowest BCUT2D eigenvalue weighted by Crippen LogP contribution is -1.94. The molecule has 6 heteroatoms. The summed E-state index contributed by atoms with van der Waals surface area (Å²) >= 11 is 0. The molecule has 4 aromatic rings. The molecule has 0 saturated carbocycles. The smallest absolute Gasteiger partial charge is 0.145 e. The molecule has 0 aromatic heterocycles. The van der Waals surface area contributed by atoms with E-state index in [0.29, 0.717) is 34.4 Å². The number of methoxy groups -OCH3 is 2. The first-order valence-corrected chi connectivity index (χ1v) is 10.9. The van der Waals surface area contributed by atoms with Crippen LogP contribution in [0, 0.1) is 0 Å². The molecule has 0 radical (unpaired) electrons. The van der Waals surface area contributed by atoms with Gasteiger partial charge in [0.1, 0.15) is 34.5 Å². The summed E-state index contributed by atoms with van der Waals surface area (Å²) < 4.78 is 22.3. The maximum Gasteiger partial charge on any atom is 0.145 e. The van der Waals surface area contributed by atoms with Crippen molar-refractivity contribution in [2.75, 3.05) is 25.7 Å². The van der Waals surface area contributed by atoms with Gasteiger partial charge in [0.2, 0.25) is 0 Å². The SMILES string of the molecule is COc1cc(Oc2ccc(CCc3ccc(Oc4ccc(N)c(OC)c4)cc3)cc2)ccc1N. The molecular weight excluding hydrogens is 428 g/mol. The summed E-state index contributed by atoms with van der Waals surface area (Å²) in [5.41, 5.74) is 15.3. The van der Waals surface area contributed by atoms with Gasteiger partial charge in [-0.1, -0.05) is 24.3 Å². The van der Waals surface area contributed by atoms with E-state index in [2.05, 4.69) is 24.3 Å². The maximum absolute atomic E-state index is 5.91. The third kappa shape index (κ3) is 5.72. The maximum atomic E-state index is 5.91. The molecule has 0 heterocycles. The Hall–Kier alpha value is -4.32. The summed E-state index contributed by atoms with van der Waals surface area (Å²) in [4.78, 5) is 0. The Bertz CT molecular complexity index is 1140. The second kappa shape index (κ2) is 10.5. The van der Waals surface area contributed by atoms with Crippen LogP contribution >= 0.6 is 0 Å². The Balaban J connectivity index is 1.31. The van der Waals surface area contributed by atoms with Crippen molar-refractivity contribution in [3.05, 3.63) is 96.1 Å². The number of hydrogen-bond acceptors (Lipinski definition) is 6. The van der Waals surface area contributed by atoms with Gasteiger partial charge in [-0.3, -0.25) is 0 Å². The van der Waals surface area contributed by atoms with Crippen LogP contribution in [-0.4, -0.2) is 14.2 Å². The highest BCUT2D eigenvalue weighted by Gasteiger charge is 2.05. The number of benzene rings is 4. The number of nitrogens with two attached hydrogens (primary N) is 2. The third-order valence-corrected chi connectivity index (χ3v) is 5.43. The molecule has 34 heavy (non-hydrogen) atoms. The Morgan fingerprint density at radius 1 is 0.500 bits per heavy atom. The molecule has 174 valence electrons. The van der Waals surface area contributed by atoms with Crippen LogP contribution in [0.1, 0.15) is 11.1 Å². The van der Waals surface area contributed by atoms with Crippen molar-refractivity contribution in [3.8, 4) is 34.5 Å². The van der Waals surface area contributed by atoms with Crippen molar-refractivity contribution >= 4 is 11.4 Å². The van der Waals surface area contributed by atoms with E-state index in [1.54, 1.807) is 38.5 Å². The minimum atomic E-state index is 0.579.